The highest BCUT2D eigenvalue weighted by atomic mass is 16.1. The molecule has 0 bridgehead atoms. The quantitative estimate of drug-likeness (QED) is 0.508. The predicted octanol–water partition coefficient (Wildman–Crippen LogP) is 3.91. The first-order chi connectivity index (χ1) is 15.7. The molecule has 1 aliphatic rings. The maximum absolute atomic E-state index is 13.0. The Balaban J connectivity index is 1.22. The SMILES string of the molecule is O=C(Nc1cccc(-n2cccn2)c1)[C@@H]1CCCN(Cc2cccc(-n3cccn3)c2)C1. The molecule has 1 atom stereocenters. The molecule has 0 saturated carbocycles. The lowest BCUT2D eigenvalue weighted by atomic mass is 9.96. The largest absolute Gasteiger partial charge is 0.326 e. The van der Waals surface area contributed by atoms with Crippen molar-refractivity contribution >= 4 is 11.6 Å². The standard InChI is InChI=1S/C25H26N6O/c32-25(28-22-8-2-10-24(17-22)31-15-5-12-27-31)21-7-3-13-29(19-21)18-20-6-1-9-23(16-20)30-14-4-11-26-30/h1-2,4-6,8-12,14-17,21H,3,7,13,18-19H2,(H,28,32)/t21-/m1/s1. The van der Waals surface area contributed by atoms with Crippen molar-refractivity contribution in [3.63, 3.8) is 0 Å². The van der Waals surface area contributed by atoms with Crippen LogP contribution in [0.4, 0.5) is 5.69 Å². The van der Waals surface area contributed by atoms with E-state index < -0.39 is 0 Å². The molecule has 7 nitrogen and oxygen atoms in total. The van der Waals surface area contributed by atoms with E-state index in [0.29, 0.717) is 0 Å². The molecule has 0 spiro atoms. The van der Waals surface area contributed by atoms with Gasteiger partial charge in [0, 0.05) is 43.6 Å². The highest BCUT2D eigenvalue weighted by molar-refractivity contribution is 5.93. The van der Waals surface area contributed by atoms with Crippen LogP contribution < -0.4 is 5.32 Å². The van der Waals surface area contributed by atoms with Crippen molar-refractivity contribution in [1.82, 2.24) is 24.5 Å². The third-order valence-corrected chi connectivity index (χ3v) is 5.84. The molecule has 1 N–H and O–H groups in total. The molecule has 1 fully saturated rings. The number of nitrogens with zero attached hydrogens (tertiary/aromatic N) is 5. The van der Waals surface area contributed by atoms with Crippen molar-refractivity contribution < 1.29 is 4.79 Å². The number of benzene rings is 2. The summed E-state index contributed by atoms with van der Waals surface area (Å²) in [5.41, 5.74) is 4.00. The summed E-state index contributed by atoms with van der Waals surface area (Å²) in [5, 5.41) is 11.7. The van der Waals surface area contributed by atoms with Gasteiger partial charge in [-0.2, -0.15) is 10.2 Å². The molecule has 2 aromatic carbocycles. The fourth-order valence-electron chi connectivity index (χ4n) is 4.28. The molecule has 2 aromatic heterocycles. The van der Waals surface area contributed by atoms with E-state index in [1.54, 1.807) is 17.1 Å². The predicted molar refractivity (Wildman–Crippen MR) is 124 cm³/mol. The third kappa shape index (κ3) is 4.63. The fraction of sp³-hybridized carbons (Fsp3) is 0.240. The molecule has 5 rings (SSSR count). The lowest BCUT2D eigenvalue weighted by Crippen LogP contribution is -2.40. The number of rotatable bonds is 6. The molecular formula is C25H26N6O. The molecule has 0 aliphatic carbocycles. The lowest BCUT2D eigenvalue weighted by Gasteiger charge is -2.32. The molecule has 4 aromatic rings. The normalized spacial score (nSPS) is 16.7. The Morgan fingerprint density at radius 1 is 0.938 bits per heavy atom. The minimum atomic E-state index is -0.0218. The van der Waals surface area contributed by atoms with E-state index in [4.69, 9.17) is 0 Å². The molecule has 0 radical (unpaired) electrons. The number of carbonyl (C=O) groups excluding carboxylic acids is 1. The first kappa shape index (κ1) is 20.2. The minimum absolute atomic E-state index is 0.0218. The fourth-order valence-corrected chi connectivity index (χ4v) is 4.28. The first-order valence-electron chi connectivity index (χ1n) is 11.0. The average molecular weight is 427 g/mol. The molecule has 1 aliphatic heterocycles. The number of carbonyl (C=O) groups is 1. The van der Waals surface area contributed by atoms with E-state index in [0.717, 1.165) is 49.5 Å². The highest BCUT2D eigenvalue weighted by Gasteiger charge is 2.26. The smallest absolute Gasteiger partial charge is 0.228 e. The average Bonchev–Trinajstić information content (AvgIpc) is 3.54. The Labute approximate surface area is 187 Å². The third-order valence-electron chi connectivity index (χ3n) is 5.84. The Morgan fingerprint density at radius 3 is 2.38 bits per heavy atom. The van der Waals surface area contributed by atoms with Crippen molar-refractivity contribution in [2.45, 2.75) is 19.4 Å². The van der Waals surface area contributed by atoms with Gasteiger partial charge in [0.15, 0.2) is 0 Å². The van der Waals surface area contributed by atoms with Crippen molar-refractivity contribution in [1.29, 1.82) is 0 Å². The van der Waals surface area contributed by atoms with E-state index in [-0.39, 0.29) is 11.8 Å². The number of aromatic nitrogens is 4. The summed E-state index contributed by atoms with van der Waals surface area (Å²) in [4.78, 5) is 15.4. The number of likely N-dealkylation sites (tertiary alicyclic amines) is 1. The van der Waals surface area contributed by atoms with Gasteiger partial charge in [-0.3, -0.25) is 9.69 Å². The Hall–Kier alpha value is -3.71. The zero-order chi connectivity index (χ0) is 21.8. The molecule has 162 valence electrons. The van der Waals surface area contributed by atoms with Crippen LogP contribution in [0, 0.1) is 5.92 Å². The molecule has 1 saturated heterocycles. The van der Waals surface area contributed by atoms with Crippen LogP contribution in [-0.2, 0) is 11.3 Å². The number of nitrogens with one attached hydrogen (secondary N) is 1. The van der Waals surface area contributed by atoms with Crippen molar-refractivity contribution in [2.24, 2.45) is 5.92 Å². The van der Waals surface area contributed by atoms with Gasteiger partial charge in [-0.25, -0.2) is 9.36 Å². The number of amides is 1. The van der Waals surface area contributed by atoms with Crippen LogP contribution in [0.3, 0.4) is 0 Å². The topological polar surface area (TPSA) is 68.0 Å². The molecule has 1 amide bonds. The van der Waals surface area contributed by atoms with Gasteiger partial charge in [-0.15, -0.1) is 0 Å². The van der Waals surface area contributed by atoms with Crippen LogP contribution in [0.5, 0.6) is 0 Å². The van der Waals surface area contributed by atoms with E-state index in [2.05, 4.69) is 44.7 Å². The van der Waals surface area contributed by atoms with Gasteiger partial charge in [0.2, 0.25) is 5.91 Å². The van der Waals surface area contributed by atoms with E-state index in [1.807, 2.05) is 53.5 Å². The summed E-state index contributed by atoms with van der Waals surface area (Å²) in [6, 6.07) is 20.0. The maximum Gasteiger partial charge on any atom is 0.228 e. The first-order valence-corrected chi connectivity index (χ1v) is 11.0. The number of hydrogen-bond donors (Lipinski definition) is 1. The van der Waals surface area contributed by atoms with Gasteiger partial charge in [0.25, 0.3) is 0 Å². The second kappa shape index (κ2) is 9.20. The Kier molecular flexibility index (Phi) is 5.81. The molecular weight excluding hydrogens is 400 g/mol. The number of hydrogen-bond acceptors (Lipinski definition) is 4. The monoisotopic (exact) mass is 426 g/mol. The number of piperidine rings is 1. The Bertz CT molecular complexity index is 1170. The Morgan fingerprint density at radius 2 is 1.66 bits per heavy atom. The second-order valence-corrected chi connectivity index (χ2v) is 8.19. The van der Waals surface area contributed by atoms with Crippen molar-refractivity contribution in [3.8, 4) is 11.4 Å². The zero-order valence-electron chi connectivity index (χ0n) is 17.8. The van der Waals surface area contributed by atoms with Crippen LogP contribution in [-0.4, -0.2) is 43.5 Å². The summed E-state index contributed by atoms with van der Waals surface area (Å²) in [5.74, 6) is 0.0593. The van der Waals surface area contributed by atoms with Gasteiger partial charge < -0.3 is 5.32 Å². The van der Waals surface area contributed by atoms with Crippen molar-refractivity contribution in [2.75, 3.05) is 18.4 Å². The summed E-state index contributed by atoms with van der Waals surface area (Å²) in [6.45, 7) is 2.59. The van der Waals surface area contributed by atoms with Gasteiger partial charge >= 0.3 is 0 Å². The van der Waals surface area contributed by atoms with E-state index in [1.165, 1.54) is 5.56 Å². The zero-order valence-corrected chi connectivity index (χ0v) is 17.8. The summed E-state index contributed by atoms with van der Waals surface area (Å²) in [6.07, 6.45) is 9.29. The molecule has 7 heteroatoms. The van der Waals surface area contributed by atoms with Crippen LogP contribution in [0.1, 0.15) is 18.4 Å². The van der Waals surface area contributed by atoms with Crippen LogP contribution in [0.2, 0.25) is 0 Å². The van der Waals surface area contributed by atoms with Crippen LogP contribution in [0.15, 0.2) is 85.5 Å². The molecule has 0 unspecified atom stereocenters. The summed E-state index contributed by atoms with van der Waals surface area (Å²) >= 11 is 0. The van der Waals surface area contributed by atoms with Crippen LogP contribution >= 0.6 is 0 Å². The molecule has 3 heterocycles. The second-order valence-electron chi connectivity index (χ2n) is 8.19. The van der Waals surface area contributed by atoms with E-state index >= 15 is 0 Å². The summed E-state index contributed by atoms with van der Waals surface area (Å²) in [7, 11) is 0. The number of anilines is 1. The van der Waals surface area contributed by atoms with Gasteiger partial charge in [-0.1, -0.05) is 18.2 Å². The van der Waals surface area contributed by atoms with Gasteiger partial charge in [0.1, 0.15) is 0 Å². The van der Waals surface area contributed by atoms with Crippen LogP contribution in [0.25, 0.3) is 11.4 Å². The van der Waals surface area contributed by atoms with Crippen molar-refractivity contribution in [3.05, 3.63) is 91.0 Å². The molecule has 32 heavy (non-hydrogen) atoms. The maximum atomic E-state index is 13.0. The lowest BCUT2D eigenvalue weighted by molar-refractivity contribution is -0.121. The van der Waals surface area contributed by atoms with E-state index in [9.17, 15) is 4.79 Å². The van der Waals surface area contributed by atoms with Gasteiger partial charge in [0.05, 0.1) is 17.3 Å². The minimum Gasteiger partial charge on any atom is -0.326 e. The highest BCUT2D eigenvalue weighted by Crippen LogP contribution is 2.22. The van der Waals surface area contributed by atoms with Gasteiger partial charge in [-0.05, 0) is 67.4 Å². The summed E-state index contributed by atoms with van der Waals surface area (Å²) < 4.78 is 3.66.